The number of aliphatic carboxylic acids is 2. The molecule has 9 heteroatoms. The van der Waals surface area contributed by atoms with E-state index in [2.05, 4.69) is 4.98 Å². The Morgan fingerprint density at radius 2 is 1.80 bits per heavy atom. The van der Waals surface area contributed by atoms with Crippen molar-refractivity contribution in [1.29, 1.82) is 0 Å². The van der Waals surface area contributed by atoms with Crippen molar-refractivity contribution in [1.82, 2.24) is 9.88 Å². The maximum atomic E-state index is 14.3. The third-order valence-corrected chi connectivity index (χ3v) is 8.42. The molecule has 0 fully saturated rings. The molecular formula is C32H34N2O7. The van der Waals surface area contributed by atoms with Crippen molar-refractivity contribution in [2.24, 2.45) is 0 Å². The average molecular weight is 559 g/mol. The van der Waals surface area contributed by atoms with Crippen LogP contribution in [0.5, 0.6) is 11.5 Å². The van der Waals surface area contributed by atoms with Crippen molar-refractivity contribution in [2.45, 2.75) is 58.4 Å². The number of aromatic hydroxyl groups is 1. The molecular weight excluding hydrogens is 524 g/mol. The van der Waals surface area contributed by atoms with E-state index in [-0.39, 0.29) is 59.0 Å². The summed E-state index contributed by atoms with van der Waals surface area (Å²) in [6.07, 6.45) is 0.800. The van der Waals surface area contributed by atoms with E-state index in [1.807, 2.05) is 26.8 Å². The fourth-order valence-electron chi connectivity index (χ4n) is 6.53. The maximum absolute atomic E-state index is 14.3. The molecule has 0 saturated carbocycles. The minimum atomic E-state index is -2.09. The van der Waals surface area contributed by atoms with Crippen LogP contribution in [-0.2, 0) is 21.5 Å². The molecule has 4 N–H and O–H groups in total. The number of H-pyrrole nitrogens is 1. The number of hydrogen-bond donors (Lipinski definition) is 4. The smallest absolute Gasteiger partial charge is 0.340 e. The second kappa shape index (κ2) is 10.1. The first-order chi connectivity index (χ1) is 19.5. The Morgan fingerprint density at radius 1 is 1.07 bits per heavy atom. The van der Waals surface area contributed by atoms with Gasteiger partial charge in [-0.1, -0.05) is 33.8 Å². The second-order valence-electron chi connectivity index (χ2n) is 10.8. The van der Waals surface area contributed by atoms with Crippen LogP contribution in [0.2, 0.25) is 0 Å². The highest BCUT2D eigenvalue weighted by atomic mass is 16.5. The number of rotatable bonds is 8. The van der Waals surface area contributed by atoms with Gasteiger partial charge in [-0.3, -0.25) is 4.79 Å². The summed E-state index contributed by atoms with van der Waals surface area (Å²) in [6.45, 7) is 7.66. The van der Waals surface area contributed by atoms with Gasteiger partial charge in [-0.15, -0.1) is 0 Å². The van der Waals surface area contributed by atoms with Gasteiger partial charge in [0.15, 0.2) is 5.78 Å². The summed E-state index contributed by atoms with van der Waals surface area (Å²) in [4.78, 5) is 45.7. The minimum Gasteiger partial charge on any atom is -0.507 e. The number of aromatic amines is 1. The Bertz CT molecular complexity index is 1680. The topological polar surface area (TPSA) is 140 Å². The molecule has 1 unspecified atom stereocenters. The number of carbonyl (C=O) groups is 3. The van der Waals surface area contributed by atoms with Crippen LogP contribution < -0.4 is 4.74 Å². The van der Waals surface area contributed by atoms with Gasteiger partial charge in [0.05, 0.1) is 23.9 Å². The molecule has 2 aromatic carbocycles. The standard InChI is InChI=1S/C32H34N2O7/c1-6-19-26(28(36)22-14-17(16(3)4)8-11-25(22)35)24(7-2)34-13-12-20-21-15-18(41-5)9-10-23(21)33-29(20)32(34,31(39)40)27(19)30(37)38/h8-11,14-16,33,35H,6-7,12-13H2,1-5H3,(H,37,38)(H,39,40). The average Bonchev–Trinajstić information content (AvgIpc) is 3.33. The summed E-state index contributed by atoms with van der Waals surface area (Å²) in [7, 11) is 1.55. The van der Waals surface area contributed by atoms with Crippen LogP contribution in [0.15, 0.2) is 58.8 Å². The third kappa shape index (κ3) is 3.94. The Hall–Kier alpha value is -4.53. The lowest BCUT2D eigenvalue weighted by molar-refractivity contribution is -0.153. The van der Waals surface area contributed by atoms with Crippen LogP contribution >= 0.6 is 0 Å². The van der Waals surface area contributed by atoms with Gasteiger partial charge in [-0.05, 0) is 72.2 Å². The van der Waals surface area contributed by atoms with Crippen LogP contribution in [0.25, 0.3) is 10.9 Å². The second-order valence-corrected chi connectivity index (χ2v) is 10.8. The van der Waals surface area contributed by atoms with Gasteiger partial charge in [0.1, 0.15) is 11.5 Å². The maximum Gasteiger partial charge on any atom is 0.340 e. The molecule has 1 atom stereocenters. The van der Waals surface area contributed by atoms with Crippen LogP contribution in [0.3, 0.4) is 0 Å². The largest absolute Gasteiger partial charge is 0.507 e. The van der Waals surface area contributed by atoms with Gasteiger partial charge in [-0.25, -0.2) is 9.59 Å². The van der Waals surface area contributed by atoms with Gasteiger partial charge in [0.2, 0.25) is 5.54 Å². The predicted octanol–water partition coefficient (Wildman–Crippen LogP) is 5.50. The molecule has 3 aromatic rings. The number of fused-ring (bicyclic) bond motifs is 5. The zero-order valence-corrected chi connectivity index (χ0v) is 23.8. The molecule has 41 heavy (non-hydrogen) atoms. The van der Waals surface area contributed by atoms with E-state index in [1.165, 1.54) is 6.07 Å². The normalized spacial score (nSPS) is 18.5. The first kappa shape index (κ1) is 28.0. The number of ketones is 1. The number of phenols is 1. The van der Waals surface area contributed by atoms with Crippen LogP contribution in [0.1, 0.15) is 73.6 Å². The van der Waals surface area contributed by atoms with Crippen molar-refractivity contribution >= 4 is 28.6 Å². The SMILES string of the molecule is CCC1=C(C(=O)O)C2(C(=O)O)c3[nH]c4ccc(OC)cc4c3CCN2C(CC)=C1C(=O)c1cc(C(C)C)ccc1O. The monoisotopic (exact) mass is 558 g/mol. The van der Waals surface area contributed by atoms with Crippen molar-refractivity contribution < 1.29 is 34.4 Å². The number of methoxy groups -OCH3 is 1. The zero-order valence-electron chi connectivity index (χ0n) is 23.8. The lowest BCUT2D eigenvalue weighted by Gasteiger charge is -2.50. The van der Waals surface area contributed by atoms with Gasteiger partial charge >= 0.3 is 11.9 Å². The molecule has 2 aliphatic heterocycles. The Morgan fingerprint density at radius 3 is 2.39 bits per heavy atom. The highest BCUT2D eigenvalue weighted by Crippen LogP contribution is 2.52. The van der Waals surface area contributed by atoms with Gasteiger partial charge in [-0.2, -0.15) is 0 Å². The number of ether oxygens (including phenoxy) is 1. The van der Waals surface area contributed by atoms with Crippen molar-refractivity contribution in [3.05, 3.63) is 81.2 Å². The Labute approximate surface area is 237 Å². The predicted molar refractivity (Wildman–Crippen MR) is 153 cm³/mol. The molecule has 3 heterocycles. The van der Waals surface area contributed by atoms with E-state index in [0.717, 1.165) is 10.9 Å². The number of allylic oxidation sites excluding steroid dienone is 3. The van der Waals surface area contributed by atoms with E-state index in [0.29, 0.717) is 28.9 Å². The number of nitrogens with one attached hydrogen (secondary N) is 1. The number of nitrogens with zero attached hydrogens (tertiary/aromatic N) is 1. The molecule has 0 spiro atoms. The molecule has 0 amide bonds. The third-order valence-electron chi connectivity index (χ3n) is 8.42. The van der Waals surface area contributed by atoms with E-state index in [4.69, 9.17) is 4.74 Å². The first-order valence-electron chi connectivity index (χ1n) is 13.8. The van der Waals surface area contributed by atoms with Crippen molar-refractivity contribution in [3.63, 3.8) is 0 Å². The molecule has 214 valence electrons. The Balaban J connectivity index is 1.86. The highest BCUT2D eigenvalue weighted by Gasteiger charge is 2.60. The summed E-state index contributed by atoms with van der Waals surface area (Å²) in [5.41, 5.74) is 0.821. The zero-order chi connectivity index (χ0) is 29.8. The fraction of sp³-hybridized carbons (Fsp3) is 0.344. The summed E-state index contributed by atoms with van der Waals surface area (Å²) in [6, 6.07) is 10.2. The summed E-state index contributed by atoms with van der Waals surface area (Å²) < 4.78 is 5.40. The molecule has 0 radical (unpaired) electrons. The molecule has 0 aliphatic carbocycles. The number of carboxylic acid groups (broad SMARTS) is 2. The number of aromatic nitrogens is 1. The number of Topliss-reactive ketones (excluding diaryl/α,β-unsaturated/α-hetero) is 1. The van der Waals surface area contributed by atoms with Gasteiger partial charge in [0, 0.05) is 28.7 Å². The van der Waals surface area contributed by atoms with Crippen LogP contribution in [-0.4, -0.2) is 56.6 Å². The molecule has 2 aliphatic rings. The molecule has 9 nitrogen and oxygen atoms in total. The first-order valence-corrected chi connectivity index (χ1v) is 13.8. The summed E-state index contributed by atoms with van der Waals surface area (Å²) in [5.74, 6) is -2.81. The molecule has 5 rings (SSSR count). The van der Waals surface area contributed by atoms with E-state index >= 15 is 0 Å². The van der Waals surface area contributed by atoms with Crippen LogP contribution in [0.4, 0.5) is 0 Å². The summed E-state index contributed by atoms with van der Waals surface area (Å²) in [5, 5.41) is 33.2. The van der Waals surface area contributed by atoms with Crippen molar-refractivity contribution in [2.75, 3.05) is 13.7 Å². The lowest BCUT2D eigenvalue weighted by atomic mass is 9.70. The van der Waals surface area contributed by atoms with Gasteiger partial charge in [0.25, 0.3) is 0 Å². The number of hydrogen-bond acceptors (Lipinski definition) is 6. The number of carboxylic acids is 2. The highest BCUT2D eigenvalue weighted by molar-refractivity contribution is 6.16. The van der Waals surface area contributed by atoms with E-state index in [9.17, 15) is 29.7 Å². The van der Waals surface area contributed by atoms with Crippen LogP contribution in [0, 0.1) is 0 Å². The van der Waals surface area contributed by atoms with Crippen molar-refractivity contribution in [3.8, 4) is 11.5 Å². The van der Waals surface area contributed by atoms with E-state index in [1.54, 1.807) is 43.2 Å². The molecule has 1 aromatic heterocycles. The summed E-state index contributed by atoms with van der Waals surface area (Å²) >= 11 is 0. The number of benzene rings is 2. The fourth-order valence-corrected chi connectivity index (χ4v) is 6.53. The van der Waals surface area contributed by atoms with Gasteiger partial charge < -0.3 is 29.9 Å². The Kier molecular flexibility index (Phi) is 6.93. The number of phenolic OH excluding ortho intramolecular Hbond substituents is 1. The minimum absolute atomic E-state index is 0.0612. The molecule has 0 bridgehead atoms. The lowest BCUT2D eigenvalue weighted by Crippen LogP contribution is -2.60. The van der Waals surface area contributed by atoms with E-state index < -0.39 is 23.3 Å². The molecule has 0 saturated heterocycles. The number of carbonyl (C=O) groups excluding carboxylic acids is 1. The quantitative estimate of drug-likeness (QED) is 0.266.